The molecule has 0 bridgehead atoms. The molecular formula is C24H20Cl2N2O. The second-order valence-corrected chi connectivity index (χ2v) is 8.20. The fourth-order valence-electron chi connectivity index (χ4n) is 4.46. The average molecular weight is 423 g/mol. The fourth-order valence-corrected chi connectivity index (χ4v) is 4.76. The lowest BCUT2D eigenvalue weighted by Crippen LogP contribution is -2.49. The molecule has 1 aromatic heterocycles. The first-order valence-electron chi connectivity index (χ1n) is 9.58. The summed E-state index contributed by atoms with van der Waals surface area (Å²) in [4.78, 5) is 3.69. The maximum Gasteiger partial charge on any atom is 0.118 e. The number of fused-ring (bicyclic) bond motifs is 3. The molecule has 1 atom stereocenters. The van der Waals surface area contributed by atoms with E-state index in [1.807, 2.05) is 30.3 Å². The SMILES string of the molecule is COc1ccc(C2(c3ccc(Cl)cc3)NCCc3c2[nH]c2ccc(Cl)cc32)cc1. The summed E-state index contributed by atoms with van der Waals surface area (Å²) in [6.45, 7) is 0.848. The van der Waals surface area contributed by atoms with Crippen LogP contribution in [0.3, 0.4) is 0 Å². The van der Waals surface area contributed by atoms with Gasteiger partial charge < -0.3 is 9.72 Å². The van der Waals surface area contributed by atoms with E-state index in [0.29, 0.717) is 0 Å². The van der Waals surface area contributed by atoms with Crippen molar-refractivity contribution in [2.75, 3.05) is 13.7 Å². The summed E-state index contributed by atoms with van der Waals surface area (Å²) in [6.07, 6.45) is 0.932. The van der Waals surface area contributed by atoms with Gasteiger partial charge in [0, 0.05) is 33.2 Å². The van der Waals surface area contributed by atoms with Crippen LogP contribution in [0.1, 0.15) is 22.4 Å². The lowest BCUT2D eigenvalue weighted by molar-refractivity contribution is 0.412. The molecule has 5 heteroatoms. The molecule has 4 aromatic rings. The van der Waals surface area contributed by atoms with Crippen molar-refractivity contribution in [3.63, 3.8) is 0 Å². The lowest BCUT2D eigenvalue weighted by Gasteiger charge is -2.40. The topological polar surface area (TPSA) is 37.0 Å². The highest BCUT2D eigenvalue weighted by molar-refractivity contribution is 6.31. The van der Waals surface area contributed by atoms with Crippen molar-refractivity contribution in [1.82, 2.24) is 10.3 Å². The minimum Gasteiger partial charge on any atom is -0.497 e. The highest BCUT2D eigenvalue weighted by Crippen LogP contribution is 2.43. The number of ether oxygens (including phenoxy) is 1. The third kappa shape index (κ3) is 2.93. The highest BCUT2D eigenvalue weighted by Gasteiger charge is 2.42. The monoisotopic (exact) mass is 422 g/mol. The first kappa shape index (κ1) is 18.6. The molecule has 1 aliphatic heterocycles. The molecule has 3 nitrogen and oxygen atoms in total. The largest absolute Gasteiger partial charge is 0.497 e. The van der Waals surface area contributed by atoms with Crippen molar-refractivity contribution in [3.8, 4) is 5.75 Å². The number of benzene rings is 3. The minimum atomic E-state index is -0.518. The number of hydrogen-bond acceptors (Lipinski definition) is 2. The first-order valence-corrected chi connectivity index (χ1v) is 10.3. The summed E-state index contributed by atoms with van der Waals surface area (Å²) in [5, 5.41) is 6.46. The molecule has 0 saturated carbocycles. The molecule has 146 valence electrons. The van der Waals surface area contributed by atoms with Crippen LogP contribution in [0.4, 0.5) is 0 Å². The van der Waals surface area contributed by atoms with Crippen LogP contribution in [0, 0.1) is 0 Å². The van der Waals surface area contributed by atoms with E-state index >= 15 is 0 Å². The Labute approximate surface area is 179 Å². The number of hydrogen-bond donors (Lipinski definition) is 2. The Kier molecular flexibility index (Phi) is 4.54. The van der Waals surface area contributed by atoms with Gasteiger partial charge in [0.05, 0.1) is 7.11 Å². The zero-order valence-electron chi connectivity index (χ0n) is 15.9. The number of aromatic nitrogens is 1. The predicted octanol–water partition coefficient (Wildman–Crippen LogP) is 5.92. The van der Waals surface area contributed by atoms with E-state index in [1.54, 1.807) is 7.11 Å². The van der Waals surface area contributed by atoms with Gasteiger partial charge in [-0.05, 0) is 65.6 Å². The van der Waals surface area contributed by atoms with Gasteiger partial charge in [-0.2, -0.15) is 0 Å². The molecular weight excluding hydrogens is 403 g/mol. The smallest absolute Gasteiger partial charge is 0.118 e. The summed E-state index contributed by atoms with van der Waals surface area (Å²) in [5.41, 5.74) is 5.29. The standard InChI is InChI=1S/C24H20Cl2N2O/c1-29-19-9-4-16(5-10-19)24(15-2-6-17(25)7-3-15)23-20(12-13-27-24)21-14-18(26)8-11-22(21)28-23/h2-11,14,27-28H,12-13H2,1H3. The van der Waals surface area contributed by atoms with Gasteiger partial charge in [-0.1, -0.05) is 47.5 Å². The molecule has 29 heavy (non-hydrogen) atoms. The minimum absolute atomic E-state index is 0.518. The van der Waals surface area contributed by atoms with Crippen molar-refractivity contribution in [1.29, 1.82) is 0 Å². The molecule has 2 N–H and O–H groups in total. The van der Waals surface area contributed by atoms with Crippen molar-refractivity contribution < 1.29 is 4.74 Å². The van der Waals surface area contributed by atoms with E-state index in [2.05, 4.69) is 46.7 Å². The molecule has 2 heterocycles. The number of H-pyrrole nitrogens is 1. The molecule has 1 unspecified atom stereocenters. The maximum atomic E-state index is 6.32. The zero-order chi connectivity index (χ0) is 20.0. The second-order valence-electron chi connectivity index (χ2n) is 7.33. The Morgan fingerprint density at radius 3 is 2.21 bits per heavy atom. The molecule has 0 saturated heterocycles. The quantitative estimate of drug-likeness (QED) is 0.429. The Bertz CT molecular complexity index is 1180. The van der Waals surface area contributed by atoms with Crippen molar-refractivity contribution >= 4 is 34.1 Å². The van der Waals surface area contributed by atoms with Crippen LogP contribution in [0.25, 0.3) is 10.9 Å². The van der Waals surface area contributed by atoms with Gasteiger partial charge in [0.2, 0.25) is 0 Å². The van der Waals surface area contributed by atoms with Crippen molar-refractivity contribution in [3.05, 3.63) is 99.2 Å². The van der Waals surface area contributed by atoms with Crippen molar-refractivity contribution in [2.24, 2.45) is 0 Å². The Morgan fingerprint density at radius 2 is 1.52 bits per heavy atom. The number of nitrogens with one attached hydrogen (secondary N) is 2. The molecule has 0 spiro atoms. The van der Waals surface area contributed by atoms with Gasteiger partial charge in [-0.3, -0.25) is 5.32 Å². The summed E-state index contributed by atoms with van der Waals surface area (Å²) in [7, 11) is 1.68. The summed E-state index contributed by atoms with van der Waals surface area (Å²) in [6, 6.07) is 22.3. The summed E-state index contributed by atoms with van der Waals surface area (Å²) in [5.74, 6) is 0.833. The Balaban J connectivity index is 1.82. The third-order valence-electron chi connectivity index (χ3n) is 5.81. The van der Waals surface area contributed by atoms with Gasteiger partial charge in [0.1, 0.15) is 11.3 Å². The molecule has 5 rings (SSSR count). The molecule has 0 fully saturated rings. The van der Waals surface area contributed by atoms with E-state index < -0.39 is 5.54 Å². The predicted molar refractivity (Wildman–Crippen MR) is 119 cm³/mol. The van der Waals surface area contributed by atoms with Crippen LogP contribution in [0.2, 0.25) is 10.0 Å². The second kappa shape index (κ2) is 7.10. The fraction of sp³-hybridized carbons (Fsp3) is 0.167. The van der Waals surface area contributed by atoms with E-state index in [1.165, 1.54) is 10.9 Å². The average Bonchev–Trinajstić information content (AvgIpc) is 3.13. The highest BCUT2D eigenvalue weighted by atomic mass is 35.5. The summed E-state index contributed by atoms with van der Waals surface area (Å²) < 4.78 is 5.38. The van der Waals surface area contributed by atoms with Crippen LogP contribution >= 0.6 is 23.2 Å². The number of rotatable bonds is 3. The van der Waals surface area contributed by atoms with Crippen LogP contribution in [-0.4, -0.2) is 18.6 Å². The lowest BCUT2D eigenvalue weighted by atomic mass is 9.76. The maximum absolute atomic E-state index is 6.32. The van der Waals surface area contributed by atoms with Crippen molar-refractivity contribution in [2.45, 2.75) is 12.0 Å². The van der Waals surface area contributed by atoms with Crippen LogP contribution in [-0.2, 0) is 12.0 Å². The van der Waals surface area contributed by atoms with Crippen LogP contribution in [0.15, 0.2) is 66.7 Å². The van der Waals surface area contributed by atoms with Crippen LogP contribution < -0.4 is 10.1 Å². The van der Waals surface area contributed by atoms with Gasteiger partial charge in [0.15, 0.2) is 0 Å². The molecule has 1 aliphatic rings. The van der Waals surface area contributed by atoms with E-state index in [9.17, 15) is 0 Å². The van der Waals surface area contributed by atoms with Gasteiger partial charge in [0.25, 0.3) is 0 Å². The molecule has 0 amide bonds. The van der Waals surface area contributed by atoms with E-state index in [0.717, 1.165) is 51.1 Å². The molecule has 0 aliphatic carbocycles. The normalized spacial score (nSPS) is 18.6. The molecule has 3 aromatic carbocycles. The van der Waals surface area contributed by atoms with Gasteiger partial charge >= 0.3 is 0 Å². The third-order valence-corrected chi connectivity index (χ3v) is 6.30. The Morgan fingerprint density at radius 1 is 0.862 bits per heavy atom. The number of methoxy groups -OCH3 is 1. The number of aromatic amines is 1. The zero-order valence-corrected chi connectivity index (χ0v) is 17.4. The van der Waals surface area contributed by atoms with Crippen LogP contribution in [0.5, 0.6) is 5.75 Å². The van der Waals surface area contributed by atoms with E-state index in [-0.39, 0.29) is 0 Å². The number of halogens is 2. The summed E-state index contributed by atoms with van der Waals surface area (Å²) >= 11 is 12.5. The van der Waals surface area contributed by atoms with E-state index in [4.69, 9.17) is 27.9 Å². The van der Waals surface area contributed by atoms with Gasteiger partial charge in [-0.15, -0.1) is 0 Å². The Hall–Kier alpha value is -2.46. The molecule has 0 radical (unpaired) electrons. The van der Waals surface area contributed by atoms with Gasteiger partial charge in [-0.25, -0.2) is 0 Å². The first-order chi connectivity index (χ1) is 14.1.